The number of carbonyl (C=O) groups is 2. The van der Waals surface area contributed by atoms with E-state index in [9.17, 15) is 14.7 Å². The lowest BCUT2D eigenvalue weighted by molar-refractivity contribution is -0.139. The van der Waals surface area contributed by atoms with E-state index in [1.54, 1.807) is 6.20 Å². The van der Waals surface area contributed by atoms with Gasteiger partial charge in [0.1, 0.15) is 0 Å². The second-order valence-corrected chi connectivity index (χ2v) is 7.57. The number of nitrogens with zero attached hydrogens (tertiary/aromatic N) is 2. The Morgan fingerprint density at radius 3 is 2.36 bits per heavy atom. The van der Waals surface area contributed by atoms with Crippen molar-refractivity contribution in [2.24, 2.45) is 5.92 Å². The summed E-state index contributed by atoms with van der Waals surface area (Å²) in [5.41, 5.74) is 0.889. The minimum absolute atomic E-state index is 0.0247. The molecule has 0 saturated heterocycles. The molecule has 1 rings (SSSR count). The molecule has 0 aromatic carbocycles. The first-order chi connectivity index (χ1) is 13.5. The Kier molecular flexibility index (Phi) is 12.9. The van der Waals surface area contributed by atoms with Gasteiger partial charge in [0.25, 0.3) is 0 Å². The molecular weight excluding hydrogens is 356 g/mol. The van der Waals surface area contributed by atoms with Gasteiger partial charge in [0.15, 0.2) is 0 Å². The van der Waals surface area contributed by atoms with Crippen molar-refractivity contribution in [1.82, 2.24) is 9.88 Å². The van der Waals surface area contributed by atoms with Crippen LogP contribution in [0, 0.1) is 5.92 Å². The highest BCUT2D eigenvalue weighted by molar-refractivity contribution is 5.69. The molecule has 0 bridgehead atoms. The van der Waals surface area contributed by atoms with Crippen molar-refractivity contribution >= 4 is 11.9 Å². The molecule has 158 valence electrons. The number of hydrogen-bond donors (Lipinski definition) is 2. The molecule has 0 fully saturated rings. The van der Waals surface area contributed by atoms with Crippen molar-refractivity contribution < 1.29 is 19.8 Å². The van der Waals surface area contributed by atoms with E-state index in [4.69, 9.17) is 5.11 Å². The van der Waals surface area contributed by atoms with Crippen LogP contribution in [0.4, 0.5) is 0 Å². The maximum atomic E-state index is 11.2. The van der Waals surface area contributed by atoms with E-state index in [1.165, 1.54) is 19.3 Å². The average Bonchev–Trinajstić information content (AvgIpc) is 2.65. The average molecular weight is 393 g/mol. The zero-order valence-electron chi connectivity index (χ0n) is 17.2. The topological polar surface area (TPSA) is 90.7 Å². The highest BCUT2D eigenvalue weighted by atomic mass is 16.4. The van der Waals surface area contributed by atoms with Gasteiger partial charge in [0.2, 0.25) is 0 Å². The van der Waals surface area contributed by atoms with Crippen LogP contribution in [-0.2, 0) is 16.1 Å². The summed E-state index contributed by atoms with van der Waals surface area (Å²) in [6.45, 7) is 3.52. The number of carboxylic acid groups (broad SMARTS) is 2. The van der Waals surface area contributed by atoms with Crippen LogP contribution in [0.2, 0.25) is 0 Å². The second-order valence-electron chi connectivity index (χ2n) is 7.57. The van der Waals surface area contributed by atoms with Gasteiger partial charge in [0.05, 0.1) is 12.2 Å². The summed E-state index contributed by atoms with van der Waals surface area (Å²) in [6.07, 6.45) is 11.6. The molecule has 0 aliphatic rings. The van der Waals surface area contributed by atoms with E-state index in [0.29, 0.717) is 12.5 Å². The fourth-order valence-electron chi connectivity index (χ4n) is 3.49. The van der Waals surface area contributed by atoms with Crippen LogP contribution in [0.25, 0.3) is 0 Å². The Labute approximate surface area is 169 Å². The number of rotatable bonds is 17. The molecule has 2 N–H and O–H groups in total. The number of aliphatic carboxylic acids is 2. The molecule has 6 nitrogen and oxygen atoms in total. The molecule has 0 saturated carbocycles. The molecule has 1 aromatic heterocycles. The van der Waals surface area contributed by atoms with Crippen LogP contribution in [0.3, 0.4) is 0 Å². The van der Waals surface area contributed by atoms with Gasteiger partial charge in [-0.3, -0.25) is 19.5 Å². The van der Waals surface area contributed by atoms with Gasteiger partial charge in [-0.15, -0.1) is 0 Å². The molecule has 1 heterocycles. The summed E-state index contributed by atoms with van der Waals surface area (Å²) in [5, 5.41) is 18.0. The predicted octanol–water partition coefficient (Wildman–Crippen LogP) is 4.59. The van der Waals surface area contributed by atoms with Gasteiger partial charge in [-0.1, -0.05) is 57.9 Å². The van der Waals surface area contributed by atoms with Crippen molar-refractivity contribution in [2.75, 3.05) is 13.1 Å². The third kappa shape index (κ3) is 12.4. The quantitative estimate of drug-likeness (QED) is 0.377. The van der Waals surface area contributed by atoms with Crippen LogP contribution in [0.15, 0.2) is 24.4 Å². The Morgan fingerprint density at radius 2 is 1.75 bits per heavy atom. The largest absolute Gasteiger partial charge is 0.481 e. The van der Waals surface area contributed by atoms with Crippen molar-refractivity contribution in [2.45, 2.75) is 77.7 Å². The lowest BCUT2D eigenvalue weighted by atomic mass is 9.91. The first kappa shape index (κ1) is 24.1. The summed E-state index contributed by atoms with van der Waals surface area (Å²) >= 11 is 0. The minimum atomic E-state index is -0.813. The molecule has 1 aromatic rings. The van der Waals surface area contributed by atoms with Crippen LogP contribution in [0.1, 0.15) is 76.8 Å². The summed E-state index contributed by atoms with van der Waals surface area (Å²) in [6, 6.07) is 5.71. The molecule has 0 amide bonds. The van der Waals surface area contributed by atoms with Crippen molar-refractivity contribution in [3.8, 4) is 0 Å². The van der Waals surface area contributed by atoms with Crippen LogP contribution >= 0.6 is 0 Å². The van der Waals surface area contributed by atoms with Crippen LogP contribution in [0.5, 0.6) is 0 Å². The number of aromatic nitrogens is 1. The van der Waals surface area contributed by atoms with E-state index < -0.39 is 11.9 Å². The molecule has 28 heavy (non-hydrogen) atoms. The first-order valence-corrected chi connectivity index (χ1v) is 10.6. The summed E-state index contributed by atoms with van der Waals surface area (Å²) < 4.78 is 0. The molecular formula is C22H36N2O4. The molecule has 1 atom stereocenters. The van der Waals surface area contributed by atoms with E-state index in [0.717, 1.165) is 50.8 Å². The minimum Gasteiger partial charge on any atom is -0.481 e. The van der Waals surface area contributed by atoms with E-state index >= 15 is 0 Å². The Balaban J connectivity index is 2.51. The second kappa shape index (κ2) is 15.0. The van der Waals surface area contributed by atoms with Crippen molar-refractivity contribution in [1.29, 1.82) is 0 Å². The first-order valence-electron chi connectivity index (χ1n) is 10.6. The molecule has 0 aliphatic heterocycles. The number of carboxylic acids is 2. The molecule has 0 spiro atoms. The van der Waals surface area contributed by atoms with Gasteiger partial charge in [-0.2, -0.15) is 0 Å². The predicted molar refractivity (Wildman–Crippen MR) is 110 cm³/mol. The van der Waals surface area contributed by atoms with Gasteiger partial charge >= 0.3 is 11.9 Å². The molecule has 0 radical (unpaired) electrons. The third-order valence-electron chi connectivity index (χ3n) is 5.04. The highest BCUT2D eigenvalue weighted by Crippen LogP contribution is 2.22. The number of hydrogen-bond acceptors (Lipinski definition) is 4. The number of pyridine rings is 1. The molecule has 0 aliphatic carbocycles. The Bertz CT molecular complexity index is 551. The highest BCUT2D eigenvalue weighted by Gasteiger charge is 2.15. The van der Waals surface area contributed by atoms with Gasteiger partial charge in [0, 0.05) is 19.2 Å². The van der Waals surface area contributed by atoms with Crippen LogP contribution < -0.4 is 0 Å². The molecule has 6 heteroatoms. The standard InChI is InChI=1S/C22H36N2O4/c1-2-3-5-10-19(11-6-4-7-13-21(25)26)14-16-24(18-22(27)28)17-20-12-8-9-15-23-20/h8-9,12,15,19H,2-7,10-11,13-14,16-18H2,1H3,(H,25,26)(H,27,28). The molecule has 1 unspecified atom stereocenters. The van der Waals surface area contributed by atoms with E-state index in [1.807, 2.05) is 23.1 Å². The normalized spacial score (nSPS) is 12.2. The Hall–Kier alpha value is -1.95. The van der Waals surface area contributed by atoms with Crippen molar-refractivity contribution in [3.63, 3.8) is 0 Å². The third-order valence-corrected chi connectivity index (χ3v) is 5.04. The number of unbranched alkanes of at least 4 members (excludes halogenated alkanes) is 4. The lowest BCUT2D eigenvalue weighted by Gasteiger charge is -2.24. The zero-order chi connectivity index (χ0) is 20.6. The van der Waals surface area contributed by atoms with Gasteiger partial charge in [-0.05, 0) is 37.4 Å². The van der Waals surface area contributed by atoms with Crippen LogP contribution in [-0.4, -0.2) is 45.1 Å². The maximum absolute atomic E-state index is 11.2. The van der Waals surface area contributed by atoms with Gasteiger partial charge < -0.3 is 10.2 Å². The summed E-state index contributed by atoms with van der Waals surface area (Å²) in [7, 11) is 0. The van der Waals surface area contributed by atoms with Gasteiger partial charge in [-0.25, -0.2) is 0 Å². The lowest BCUT2D eigenvalue weighted by Crippen LogP contribution is -2.31. The van der Waals surface area contributed by atoms with Crippen molar-refractivity contribution in [3.05, 3.63) is 30.1 Å². The maximum Gasteiger partial charge on any atom is 0.317 e. The van der Waals surface area contributed by atoms with E-state index in [2.05, 4.69) is 11.9 Å². The zero-order valence-corrected chi connectivity index (χ0v) is 17.2. The smallest absolute Gasteiger partial charge is 0.317 e. The fraction of sp³-hybridized carbons (Fsp3) is 0.682. The monoisotopic (exact) mass is 392 g/mol. The fourth-order valence-corrected chi connectivity index (χ4v) is 3.49. The summed E-state index contributed by atoms with van der Waals surface area (Å²) in [5.74, 6) is -0.970. The summed E-state index contributed by atoms with van der Waals surface area (Å²) in [4.78, 5) is 28.1. The SMILES string of the molecule is CCCCCC(CCCCCC(=O)O)CCN(CC(=O)O)Cc1ccccn1. The Morgan fingerprint density at radius 1 is 1.00 bits per heavy atom. The van der Waals surface area contributed by atoms with E-state index in [-0.39, 0.29) is 13.0 Å².